The summed E-state index contributed by atoms with van der Waals surface area (Å²) >= 11 is 0. The van der Waals surface area contributed by atoms with Gasteiger partial charge in [-0.15, -0.1) is 10.2 Å². The summed E-state index contributed by atoms with van der Waals surface area (Å²) in [6.45, 7) is 0. The van der Waals surface area contributed by atoms with E-state index in [1.807, 2.05) is 60.7 Å². The first kappa shape index (κ1) is 18.6. The van der Waals surface area contributed by atoms with E-state index in [1.54, 1.807) is 12.1 Å². The van der Waals surface area contributed by atoms with Crippen molar-refractivity contribution in [3.05, 3.63) is 108 Å². The summed E-state index contributed by atoms with van der Waals surface area (Å²) in [5.74, 6) is 0.109. The molecule has 4 rings (SSSR count). The first-order valence-electron chi connectivity index (χ1n) is 9.16. The van der Waals surface area contributed by atoms with Crippen LogP contribution in [0.15, 0.2) is 89.3 Å². The Balaban J connectivity index is 1.58. The van der Waals surface area contributed by atoms with Gasteiger partial charge in [0.1, 0.15) is 11.9 Å². The Bertz CT molecular complexity index is 1080. The molecule has 1 atom stereocenters. The molecule has 0 saturated carbocycles. The number of nitrogens with zero attached hydrogens (tertiary/aromatic N) is 2. The molecule has 3 aromatic carbocycles. The molecule has 0 bridgehead atoms. The van der Waals surface area contributed by atoms with Crippen LogP contribution in [0, 0.1) is 5.82 Å². The van der Waals surface area contributed by atoms with Crippen molar-refractivity contribution in [2.75, 3.05) is 0 Å². The molecule has 1 amide bonds. The van der Waals surface area contributed by atoms with Gasteiger partial charge in [-0.2, -0.15) is 0 Å². The van der Waals surface area contributed by atoms with Crippen molar-refractivity contribution < 1.29 is 13.6 Å². The van der Waals surface area contributed by atoms with Gasteiger partial charge < -0.3 is 9.73 Å². The summed E-state index contributed by atoms with van der Waals surface area (Å²) in [4.78, 5) is 12.6. The lowest BCUT2D eigenvalue weighted by atomic mass is 10.1. The number of carbonyl (C=O) groups is 1. The lowest BCUT2D eigenvalue weighted by Crippen LogP contribution is -2.30. The highest BCUT2D eigenvalue weighted by Gasteiger charge is 2.23. The van der Waals surface area contributed by atoms with E-state index in [0.717, 1.165) is 11.1 Å². The number of aromatic nitrogens is 2. The van der Waals surface area contributed by atoms with Gasteiger partial charge in [0.25, 0.3) is 0 Å². The second kappa shape index (κ2) is 8.48. The van der Waals surface area contributed by atoms with Crippen LogP contribution in [0.3, 0.4) is 0 Å². The molecule has 0 aliphatic heterocycles. The van der Waals surface area contributed by atoms with Crippen molar-refractivity contribution in [1.82, 2.24) is 15.5 Å². The lowest BCUT2D eigenvalue weighted by molar-refractivity contribution is -0.121. The maximum atomic E-state index is 13.1. The van der Waals surface area contributed by atoms with E-state index in [4.69, 9.17) is 4.42 Å². The highest BCUT2D eigenvalue weighted by Crippen LogP contribution is 2.25. The molecular weight excluding hydrogens is 369 g/mol. The molecule has 6 heteroatoms. The van der Waals surface area contributed by atoms with Crippen LogP contribution in [0.5, 0.6) is 0 Å². The van der Waals surface area contributed by atoms with Crippen molar-refractivity contribution in [1.29, 1.82) is 0 Å². The molecule has 4 aromatic rings. The number of hydrogen-bond donors (Lipinski definition) is 1. The fourth-order valence-electron chi connectivity index (χ4n) is 2.98. The summed E-state index contributed by atoms with van der Waals surface area (Å²) in [6, 6.07) is 24.1. The zero-order chi connectivity index (χ0) is 20.1. The highest BCUT2D eigenvalue weighted by molar-refractivity contribution is 5.79. The van der Waals surface area contributed by atoms with Crippen LogP contribution in [0.2, 0.25) is 0 Å². The molecule has 5 nitrogen and oxygen atoms in total. The number of carbonyl (C=O) groups excluding carboxylic acids is 1. The average Bonchev–Trinajstić information content (AvgIpc) is 3.25. The van der Waals surface area contributed by atoms with E-state index in [0.29, 0.717) is 17.3 Å². The monoisotopic (exact) mass is 387 g/mol. The molecule has 1 N–H and O–H groups in total. The van der Waals surface area contributed by atoms with Crippen LogP contribution in [0.1, 0.15) is 23.1 Å². The van der Waals surface area contributed by atoms with Gasteiger partial charge in [-0.05, 0) is 35.4 Å². The smallest absolute Gasteiger partial charge is 0.247 e. The van der Waals surface area contributed by atoms with Crippen molar-refractivity contribution in [2.45, 2.75) is 12.5 Å². The number of benzene rings is 3. The highest BCUT2D eigenvalue weighted by atomic mass is 19.1. The van der Waals surface area contributed by atoms with Crippen molar-refractivity contribution in [2.24, 2.45) is 0 Å². The minimum absolute atomic E-state index is 0.114. The number of hydrogen-bond acceptors (Lipinski definition) is 4. The first-order chi connectivity index (χ1) is 14.2. The number of nitrogens with one attached hydrogen (secondary N) is 1. The summed E-state index contributed by atoms with van der Waals surface area (Å²) in [5.41, 5.74) is 2.34. The molecule has 0 saturated heterocycles. The maximum Gasteiger partial charge on any atom is 0.247 e. The van der Waals surface area contributed by atoms with Gasteiger partial charge in [0.05, 0.1) is 6.42 Å². The largest absolute Gasteiger partial charge is 0.418 e. The average molecular weight is 387 g/mol. The van der Waals surface area contributed by atoms with Gasteiger partial charge in [0, 0.05) is 5.56 Å². The Morgan fingerprint density at radius 3 is 2.24 bits per heavy atom. The second-order valence-corrected chi connectivity index (χ2v) is 6.53. The van der Waals surface area contributed by atoms with Gasteiger partial charge in [0.15, 0.2) is 0 Å². The normalized spacial score (nSPS) is 11.8. The summed E-state index contributed by atoms with van der Waals surface area (Å²) in [7, 11) is 0. The van der Waals surface area contributed by atoms with Crippen molar-refractivity contribution in [3.63, 3.8) is 0 Å². The fourth-order valence-corrected chi connectivity index (χ4v) is 2.98. The fraction of sp³-hybridized carbons (Fsp3) is 0.0870. The molecule has 29 heavy (non-hydrogen) atoms. The molecular formula is C23H18FN3O2. The Labute approximate surface area is 167 Å². The topological polar surface area (TPSA) is 68.0 Å². The third kappa shape index (κ3) is 4.55. The van der Waals surface area contributed by atoms with Crippen LogP contribution < -0.4 is 5.32 Å². The standard InChI is InChI=1S/C23H18FN3O2/c24-19-13-11-16(12-14-19)15-20(28)25-21(17-7-3-1-4-8-17)23-27-26-22(29-23)18-9-5-2-6-10-18/h1-14,21H,15H2,(H,25,28)/t21-/m0/s1. The van der Waals surface area contributed by atoms with E-state index >= 15 is 0 Å². The van der Waals surface area contributed by atoms with Gasteiger partial charge in [-0.1, -0.05) is 60.7 Å². The van der Waals surface area contributed by atoms with E-state index < -0.39 is 6.04 Å². The summed E-state index contributed by atoms with van der Waals surface area (Å²) in [5, 5.41) is 11.2. The van der Waals surface area contributed by atoms with Gasteiger partial charge in [0.2, 0.25) is 17.7 Å². The SMILES string of the molecule is O=C(Cc1ccc(F)cc1)N[C@@H](c1ccccc1)c1nnc(-c2ccccc2)o1. The Morgan fingerprint density at radius 1 is 0.897 bits per heavy atom. The molecule has 0 radical (unpaired) electrons. The van der Waals surface area contributed by atoms with E-state index in [2.05, 4.69) is 15.5 Å². The minimum Gasteiger partial charge on any atom is -0.418 e. The van der Waals surface area contributed by atoms with Crippen molar-refractivity contribution >= 4 is 5.91 Å². The molecule has 0 aliphatic carbocycles. The summed E-state index contributed by atoms with van der Waals surface area (Å²) < 4.78 is 19.0. The molecule has 0 unspecified atom stereocenters. The Kier molecular flexibility index (Phi) is 5.42. The van der Waals surface area contributed by atoms with E-state index in [-0.39, 0.29) is 18.1 Å². The zero-order valence-corrected chi connectivity index (χ0v) is 15.5. The van der Waals surface area contributed by atoms with Crippen molar-refractivity contribution in [3.8, 4) is 11.5 Å². The number of halogens is 1. The molecule has 0 aliphatic rings. The van der Waals surface area contributed by atoms with Crippen LogP contribution >= 0.6 is 0 Å². The van der Waals surface area contributed by atoms with Crippen LogP contribution in [-0.4, -0.2) is 16.1 Å². The predicted octanol–water partition coefficient (Wildman–Crippen LogP) is 4.32. The molecule has 0 fully saturated rings. The minimum atomic E-state index is -0.589. The summed E-state index contributed by atoms with van der Waals surface area (Å²) in [6.07, 6.45) is 0.114. The molecule has 1 heterocycles. The first-order valence-corrected chi connectivity index (χ1v) is 9.16. The van der Waals surface area contributed by atoms with Gasteiger partial charge in [-0.25, -0.2) is 4.39 Å². The second-order valence-electron chi connectivity index (χ2n) is 6.53. The van der Waals surface area contributed by atoms with Gasteiger partial charge in [-0.3, -0.25) is 4.79 Å². The lowest BCUT2D eigenvalue weighted by Gasteiger charge is -2.16. The van der Waals surface area contributed by atoms with E-state index in [9.17, 15) is 9.18 Å². The van der Waals surface area contributed by atoms with Crippen LogP contribution in [0.4, 0.5) is 4.39 Å². The predicted molar refractivity (Wildman–Crippen MR) is 106 cm³/mol. The van der Waals surface area contributed by atoms with Crippen LogP contribution in [-0.2, 0) is 11.2 Å². The molecule has 0 spiro atoms. The Hall–Kier alpha value is -3.80. The maximum absolute atomic E-state index is 13.1. The Morgan fingerprint density at radius 2 is 1.55 bits per heavy atom. The number of rotatable bonds is 6. The molecule has 1 aromatic heterocycles. The number of amides is 1. The van der Waals surface area contributed by atoms with Crippen LogP contribution in [0.25, 0.3) is 11.5 Å². The van der Waals surface area contributed by atoms with E-state index in [1.165, 1.54) is 12.1 Å². The zero-order valence-electron chi connectivity index (χ0n) is 15.5. The van der Waals surface area contributed by atoms with Gasteiger partial charge >= 0.3 is 0 Å². The molecule has 144 valence electrons. The quantitative estimate of drug-likeness (QED) is 0.535. The third-order valence-corrected chi connectivity index (χ3v) is 4.42. The third-order valence-electron chi connectivity index (χ3n) is 4.42.